The van der Waals surface area contributed by atoms with E-state index in [4.69, 9.17) is 20.9 Å². The van der Waals surface area contributed by atoms with E-state index in [0.717, 1.165) is 58.2 Å². The van der Waals surface area contributed by atoms with E-state index in [2.05, 4.69) is 32.6 Å². The zero-order valence-corrected chi connectivity index (χ0v) is 22.4. The van der Waals surface area contributed by atoms with E-state index < -0.39 is 0 Å². The SMILES string of the molecule is NCCCOc1ccc(N=Nc2ccc(/C=C/c3ccc(N=Nc4ccc(OCCCN)cc4)cc3)cc2)cc1. The highest BCUT2D eigenvalue weighted by atomic mass is 16.5. The van der Waals surface area contributed by atoms with Gasteiger partial charge >= 0.3 is 0 Å². The van der Waals surface area contributed by atoms with Crippen molar-refractivity contribution in [2.24, 2.45) is 31.9 Å². The predicted molar refractivity (Wildman–Crippen MR) is 161 cm³/mol. The molecule has 8 heteroatoms. The van der Waals surface area contributed by atoms with Crippen molar-refractivity contribution in [2.75, 3.05) is 26.3 Å². The van der Waals surface area contributed by atoms with E-state index in [1.54, 1.807) is 0 Å². The predicted octanol–water partition coefficient (Wildman–Crippen LogP) is 8.14. The Morgan fingerprint density at radius 1 is 0.450 bits per heavy atom. The van der Waals surface area contributed by atoms with Crippen molar-refractivity contribution in [1.82, 2.24) is 0 Å². The van der Waals surface area contributed by atoms with Crippen molar-refractivity contribution in [1.29, 1.82) is 0 Å². The van der Waals surface area contributed by atoms with Gasteiger partial charge in [-0.1, -0.05) is 36.4 Å². The highest BCUT2D eigenvalue weighted by Crippen LogP contribution is 2.24. The molecule has 4 rings (SSSR count). The van der Waals surface area contributed by atoms with Gasteiger partial charge in [0.15, 0.2) is 0 Å². The van der Waals surface area contributed by atoms with Crippen LogP contribution in [0.4, 0.5) is 22.7 Å². The molecule has 0 atom stereocenters. The Hall–Kier alpha value is -4.66. The third-order valence-electron chi connectivity index (χ3n) is 5.72. The molecule has 4 N–H and O–H groups in total. The number of nitrogens with two attached hydrogens (primary N) is 2. The number of hydrogen-bond donors (Lipinski definition) is 2. The molecule has 0 aliphatic heterocycles. The van der Waals surface area contributed by atoms with E-state index in [-0.39, 0.29) is 0 Å². The van der Waals surface area contributed by atoms with Gasteiger partial charge < -0.3 is 20.9 Å². The van der Waals surface area contributed by atoms with Crippen molar-refractivity contribution < 1.29 is 9.47 Å². The number of nitrogens with zero attached hydrogens (tertiary/aromatic N) is 4. The maximum absolute atomic E-state index is 5.61. The molecule has 0 radical (unpaired) electrons. The van der Waals surface area contributed by atoms with Crippen LogP contribution >= 0.6 is 0 Å². The van der Waals surface area contributed by atoms with Crippen LogP contribution in [-0.2, 0) is 0 Å². The Morgan fingerprint density at radius 3 is 1.05 bits per heavy atom. The van der Waals surface area contributed by atoms with Crippen molar-refractivity contribution >= 4 is 34.9 Å². The van der Waals surface area contributed by atoms with Crippen molar-refractivity contribution in [3.8, 4) is 11.5 Å². The van der Waals surface area contributed by atoms with Crippen molar-refractivity contribution in [2.45, 2.75) is 12.8 Å². The molecule has 0 heterocycles. The summed E-state index contributed by atoms with van der Waals surface area (Å²) in [6.45, 7) is 2.45. The maximum Gasteiger partial charge on any atom is 0.119 e. The van der Waals surface area contributed by atoms with Gasteiger partial charge in [-0.2, -0.15) is 20.5 Å². The van der Waals surface area contributed by atoms with E-state index in [1.165, 1.54) is 0 Å². The topological polar surface area (TPSA) is 120 Å². The molecular weight excluding hydrogens is 500 g/mol. The Labute approximate surface area is 235 Å². The summed E-state index contributed by atoms with van der Waals surface area (Å²) in [4.78, 5) is 0. The van der Waals surface area contributed by atoms with Gasteiger partial charge in [0, 0.05) is 0 Å². The summed E-state index contributed by atoms with van der Waals surface area (Å²) >= 11 is 0. The van der Waals surface area contributed by atoms with Gasteiger partial charge in [0.1, 0.15) is 11.5 Å². The molecule has 4 aromatic carbocycles. The minimum absolute atomic E-state index is 0.610. The van der Waals surface area contributed by atoms with Crippen molar-refractivity contribution in [3.05, 3.63) is 108 Å². The lowest BCUT2D eigenvalue weighted by atomic mass is 10.1. The summed E-state index contributed by atoms with van der Waals surface area (Å²) in [6.07, 6.45) is 5.77. The molecule has 40 heavy (non-hydrogen) atoms. The first-order valence-corrected chi connectivity index (χ1v) is 13.3. The Morgan fingerprint density at radius 2 is 0.750 bits per heavy atom. The summed E-state index contributed by atoms with van der Waals surface area (Å²) in [7, 11) is 0. The molecule has 0 unspecified atom stereocenters. The highest BCUT2D eigenvalue weighted by molar-refractivity contribution is 5.70. The van der Waals surface area contributed by atoms with E-state index >= 15 is 0 Å². The van der Waals surface area contributed by atoms with Crippen LogP contribution in [0.3, 0.4) is 0 Å². The van der Waals surface area contributed by atoms with Crippen LogP contribution < -0.4 is 20.9 Å². The van der Waals surface area contributed by atoms with E-state index in [0.29, 0.717) is 26.3 Å². The standard InChI is InChI=1S/C32H34N6O2/c33-21-1-23-39-31-17-13-29(14-18-31)37-35-27-9-5-25(6-10-27)3-4-26-7-11-28(12-8-26)36-38-30-15-19-32(20-16-30)40-24-2-22-34/h3-20H,1-2,21-24,33-34H2/b4-3+,37-35?,38-36?. The van der Waals surface area contributed by atoms with Crippen LogP contribution in [0, 0.1) is 0 Å². The summed E-state index contributed by atoms with van der Waals surface area (Å²) in [5.74, 6) is 1.60. The zero-order chi connectivity index (χ0) is 27.8. The summed E-state index contributed by atoms with van der Waals surface area (Å²) in [5, 5.41) is 17.3. The molecule has 0 aliphatic rings. The second kappa shape index (κ2) is 15.7. The fraction of sp³-hybridized carbons (Fsp3) is 0.188. The number of benzene rings is 4. The minimum Gasteiger partial charge on any atom is -0.494 e. The summed E-state index contributed by atoms with van der Waals surface area (Å²) < 4.78 is 11.2. The zero-order valence-electron chi connectivity index (χ0n) is 22.4. The normalized spacial score (nSPS) is 11.6. The molecule has 0 bridgehead atoms. The Balaban J connectivity index is 1.26. The summed E-state index contributed by atoms with van der Waals surface area (Å²) in [5.41, 5.74) is 16.2. The van der Waals surface area contributed by atoms with Gasteiger partial charge in [0.2, 0.25) is 0 Å². The number of ether oxygens (including phenoxy) is 2. The highest BCUT2D eigenvalue weighted by Gasteiger charge is 1.98. The van der Waals surface area contributed by atoms with Crippen LogP contribution in [0.15, 0.2) is 118 Å². The number of hydrogen-bond acceptors (Lipinski definition) is 8. The third kappa shape index (κ3) is 9.58. The maximum atomic E-state index is 5.61. The Bertz CT molecular complexity index is 1270. The molecule has 204 valence electrons. The third-order valence-corrected chi connectivity index (χ3v) is 5.72. The molecule has 0 spiro atoms. The van der Waals surface area contributed by atoms with Gasteiger partial charge in [0.05, 0.1) is 36.0 Å². The molecule has 0 saturated heterocycles. The van der Waals surface area contributed by atoms with Crippen LogP contribution in [0.25, 0.3) is 12.2 Å². The molecule has 0 aliphatic carbocycles. The smallest absolute Gasteiger partial charge is 0.119 e. The van der Waals surface area contributed by atoms with Crippen LogP contribution in [0.1, 0.15) is 24.0 Å². The minimum atomic E-state index is 0.610. The average Bonchev–Trinajstić information content (AvgIpc) is 3.00. The first-order chi connectivity index (χ1) is 19.7. The first kappa shape index (κ1) is 28.4. The van der Waals surface area contributed by atoms with Crippen LogP contribution in [0.5, 0.6) is 11.5 Å². The summed E-state index contributed by atoms with van der Waals surface area (Å²) in [6, 6.07) is 30.9. The number of azo groups is 2. The lowest BCUT2D eigenvalue weighted by Gasteiger charge is -2.04. The lowest BCUT2D eigenvalue weighted by Crippen LogP contribution is -2.05. The fourth-order valence-electron chi connectivity index (χ4n) is 3.49. The molecule has 0 fully saturated rings. The van der Waals surface area contributed by atoms with Gasteiger partial charge in [-0.3, -0.25) is 0 Å². The molecule has 0 amide bonds. The quantitative estimate of drug-likeness (QED) is 0.0963. The second-order valence-corrected chi connectivity index (χ2v) is 8.89. The molecule has 0 saturated carbocycles. The van der Waals surface area contributed by atoms with E-state index in [9.17, 15) is 0 Å². The second-order valence-electron chi connectivity index (χ2n) is 8.89. The molecule has 8 nitrogen and oxygen atoms in total. The van der Waals surface area contributed by atoms with Crippen LogP contribution in [-0.4, -0.2) is 26.3 Å². The fourth-order valence-corrected chi connectivity index (χ4v) is 3.49. The molecule has 0 aromatic heterocycles. The van der Waals surface area contributed by atoms with Gasteiger partial charge in [0.25, 0.3) is 0 Å². The van der Waals surface area contributed by atoms with Gasteiger partial charge in [-0.05, 0) is 110 Å². The first-order valence-electron chi connectivity index (χ1n) is 13.3. The van der Waals surface area contributed by atoms with Gasteiger partial charge in [-0.15, -0.1) is 0 Å². The van der Waals surface area contributed by atoms with E-state index in [1.807, 2.05) is 97.1 Å². The molecular formula is C32H34N6O2. The van der Waals surface area contributed by atoms with Crippen molar-refractivity contribution in [3.63, 3.8) is 0 Å². The monoisotopic (exact) mass is 534 g/mol. The van der Waals surface area contributed by atoms with Gasteiger partial charge in [-0.25, -0.2) is 0 Å². The number of rotatable bonds is 14. The lowest BCUT2D eigenvalue weighted by molar-refractivity contribution is 0.313. The Kier molecular flexibility index (Phi) is 11.1. The molecule has 4 aromatic rings. The average molecular weight is 535 g/mol. The van der Waals surface area contributed by atoms with Crippen LogP contribution in [0.2, 0.25) is 0 Å². The largest absolute Gasteiger partial charge is 0.494 e.